The van der Waals surface area contributed by atoms with Crippen LogP contribution >= 0.6 is 0 Å². The second-order valence-electron chi connectivity index (χ2n) is 6.61. The fraction of sp³-hybridized carbons (Fsp3) is 0.364. The Balaban J connectivity index is 1.79. The third kappa shape index (κ3) is 6.70. The lowest BCUT2D eigenvalue weighted by Crippen LogP contribution is -2.34. The molecule has 0 bridgehead atoms. The number of nitrogens with one attached hydrogen (secondary N) is 2. The summed E-state index contributed by atoms with van der Waals surface area (Å²) in [5.74, 6) is -0.190. The molecule has 0 aliphatic rings. The van der Waals surface area contributed by atoms with Gasteiger partial charge in [0.15, 0.2) is 0 Å². The Labute approximate surface area is 167 Å². The van der Waals surface area contributed by atoms with Crippen molar-refractivity contribution in [2.45, 2.75) is 26.7 Å². The number of hydrogen-bond donors (Lipinski definition) is 3. The van der Waals surface area contributed by atoms with Crippen LogP contribution in [-0.4, -0.2) is 42.9 Å². The van der Waals surface area contributed by atoms with Gasteiger partial charge in [-0.1, -0.05) is 32.0 Å². The predicted octanol–water partition coefficient (Wildman–Crippen LogP) is 2.91. The average Bonchev–Trinajstić information content (AvgIpc) is 2.71. The summed E-state index contributed by atoms with van der Waals surface area (Å²) in [5, 5.41) is 5.78. The highest BCUT2D eigenvalue weighted by atomic mass is 16.2. The molecule has 0 saturated carbocycles. The van der Waals surface area contributed by atoms with Crippen molar-refractivity contribution in [2.24, 2.45) is 0 Å². The van der Waals surface area contributed by atoms with E-state index in [1.165, 1.54) is 0 Å². The number of likely N-dealkylation sites (N-methyl/N-ethyl adjacent to an activating group) is 1. The van der Waals surface area contributed by atoms with Gasteiger partial charge in [-0.3, -0.25) is 9.59 Å². The molecule has 0 unspecified atom stereocenters. The summed E-state index contributed by atoms with van der Waals surface area (Å²) in [6.07, 6.45) is 0.938. The molecule has 6 heteroatoms. The number of nitrogens with two attached hydrogens (primary N) is 1. The maximum absolute atomic E-state index is 12.2. The molecule has 4 N–H and O–H groups in total. The number of amides is 2. The molecule has 0 aliphatic carbocycles. The van der Waals surface area contributed by atoms with Crippen molar-refractivity contribution in [3.05, 3.63) is 59.7 Å². The lowest BCUT2D eigenvalue weighted by molar-refractivity contribution is -0.116. The third-order valence-electron chi connectivity index (χ3n) is 4.72. The Morgan fingerprint density at radius 3 is 2.32 bits per heavy atom. The highest BCUT2D eigenvalue weighted by Crippen LogP contribution is 2.14. The SMILES string of the molecule is CCN(CC)CCNC(=O)c1ccc(NC(=O)CCc2ccccc2N)cc1. The highest BCUT2D eigenvalue weighted by Gasteiger charge is 2.08. The first-order valence-electron chi connectivity index (χ1n) is 9.77. The van der Waals surface area contributed by atoms with Gasteiger partial charge in [-0.25, -0.2) is 0 Å². The predicted molar refractivity (Wildman–Crippen MR) is 114 cm³/mol. The molecule has 0 spiro atoms. The summed E-state index contributed by atoms with van der Waals surface area (Å²) in [5.41, 5.74) is 8.82. The summed E-state index contributed by atoms with van der Waals surface area (Å²) in [4.78, 5) is 26.6. The van der Waals surface area contributed by atoms with Crippen LogP contribution in [0.3, 0.4) is 0 Å². The number of nitrogen functional groups attached to an aromatic ring is 1. The van der Waals surface area contributed by atoms with E-state index in [1.807, 2.05) is 24.3 Å². The van der Waals surface area contributed by atoms with Gasteiger partial charge in [0.05, 0.1) is 0 Å². The Kier molecular flexibility index (Phi) is 8.49. The molecule has 2 amide bonds. The van der Waals surface area contributed by atoms with E-state index >= 15 is 0 Å². The molecule has 2 aromatic rings. The van der Waals surface area contributed by atoms with Crippen LogP contribution in [0.15, 0.2) is 48.5 Å². The number of anilines is 2. The molecule has 0 radical (unpaired) electrons. The molecule has 6 nitrogen and oxygen atoms in total. The van der Waals surface area contributed by atoms with Crippen LogP contribution < -0.4 is 16.4 Å². The number of carbonyl (C=O) groups excluding carboxylic acids is 2. The van der Waals surface area contributed by atoms with Crippen LogP contribution in [0.4, 0.5) is 11.4 Å². The van der Waals surface area contributed by atoms with Crippen LogP contribution in [-0.2, 0) is 11.2 Å². The first-order valence-corrected chi connectivity index (χ1v) is 9.77. The van der Waals surface area contributed by atoms with Crippen LogP contribution in [0.25, 0.3) is 0 Å². The van der Waals surface area contributed by atoms with Crippen LogP contribution in [0, 0.1) is 0 Å². The molecule has 0 fully saturated rings. The van der Waals surface area contributed by atoms with Crippen LogP contribution in [0.5, 0.6) is 0 Å². The largest absolute Gasteiger partial charge is 0.399 e. The van der Waals surface area contributed by atoms with E-state index in [0.29, 0.717) is 36.3 Å². The van der Waals surface area contributed by atoms with Crippen molar-refractivity contribution < 1.29 is 9.59 Å². The van der Waals surface area contributed by atoms with Crippen molar-refractivity contribution in [3.8, 4) is 0 Å². The smallest absolute Gasteiger partial charge is 0.251 e. The molecule has 0 saturated heterocycles. The van der Waals surface area contributed by atoms with Crippen molar-refractivity contribution >= 4 is 23.2 Å². The fourth-order valence-electron chi connectivity index (χ4n) is 2.91. The lowest BCUT2D eigenvalue weighted by atomic mass is 10.1. The van der Waals surface area contributed by atoms with E-state index in [-0.39, 0.29) is 11.8 Å². The monoisotopic (exact) mass is 382 g/mol. The summed E-state index contributed by atoms with van der Waals surface area (Å²) in [6, 6.07) is 14.5. The first-order chi connectivity index (χ1) is 13.5. The second kappa shape index (κ2) is 11.1. The molecule has 0 heterocycles. The number of hydrogen-bond acceptors (Lipinski definition) is 4. The quantitative estimate of drug-likeness (QED) is 0.552. The maximum Gasteiger partial charge on any atom is 0.251 e. The van der Waals surface area contributed by atoms with E-state index in [2.05, 4.69) is 29.4 Å². The number of para-hydroxylation sites is 1. The van der Waals surface area contributed by atoms with Crippen molar-refractivity contribution in [1.82, 2.24) is 10.2 Å². The molecule has 28 heavy (non-hydrogen) atoms. The number of carbonyl (C=O) groups is 2. The molecule has 0 aromatic heterocycles. The van der Waals surface area contributed by atoms with E-state index in [9.17, 15) is 9.59 Å². The first kappa shape index (κ1) is 21.4. The van der Waals surface area contributed by atoms with Crippen molar-refractivity contribution in [3.63, 3.8) is 0 Å². The molecule has 150 valence electrons. The van der Waals surface area contributed by atoms with Crippen molar-refractivity contribution in [2.75, 3.05) is 37.2 Å². The van der Waals surface area contributed by atoms with Gasteiger partial charge in [0.2, 0.25) is 5.91 Å². The molecule has 2 rings (SSSR count). The summed E-state index contributed by atoms with van der Waals surface area (Å²) < 4.78 is 0. The number of benzene rings is 2. The minimum absolute atomic E-state index is 0.0836. The van der Waals surface area contributed by atoms with Gasteiger partial charge < -0.3 is 21.3 Å². The molecular weight excluding hydrogens is 352 g/mol. The van der Waals surface area contributed by atoms with Crippen LogP contribution in [0.2, 0.25) is 0 Å². The number of rotatable bonds is 10. The van der Waals surface area contributed by atoms with E-state index < -0.39 is 0 Å². The number of aryl methyl sites for hydroxylation is 1. The molecular formula is C22H30N4O2. The van der Waals surface area contributed by atoms with Gasteiger partial charge in [-0.2, -0.15) is 0 Å². The van der Waals surface area contributed by atoms with Gasteiger partial charge in [-0.15, -0.1) is 0 Å². The normalized spacial score (nSPS) is 10.7. The maximum atomic E-state index is 12.2. The van der Waals surface area contributed by atoms with Crippen molar-refractivity contribution in [1.29, 1.82) is 0 Å². The topological polar surface area (TPSA) is 87.5 Å². The lowest BCUT2D eigenvalue weighted by Gasteiger charge is -2.18. The van der Waals surface area contributed by atoms with Gasteiger partial charge in [0, 0.05) is 36.4 Å². The van der Waals surface area contributed by atoms with Gasteiger partial charge in [0.25, 0.3) is 5.91 Å². The summed E-state index contributed by atoms with van der Waals surface area (Å²) in [7, 11) is 0. The third-order valence-corrected chi connectivity index (χ3v) is 4.72. The Hall–Kier alpha value is -2.86. The van der Waals surface area contributed by atoms with E-state index in [1.54, 1.807) is 24.3 Å². The zero-order valence-corrected chi connectivity index (χ0v) is 16.7. The Bertz CT molecular complexity index is 770. The second-order valence-corrected chi connectivity index (χ2v) is 6.61. The average molecular weight is 383 g/mol. The Morgan fingerprint density at radius 1 is 1.00 bits per heavy atom. The minimum atomic E-state index is -0.107. The molecule has 0 aliphatic heterocycles. The molecule has 0 atom stereocenters. The van der Waals surface area contributed by atoms with Gasteiger partial charge >= 0.3 is 0 Å². The van der Waals surface area contributed by atoms with E-state index in [4.69, 9.17) is 5.73 Å². The molecule has 2 aromatic carbocycles. The van der Waals surface area contributed by atoms with Gasteiger partial charge in [-0.05, 0) is 55.4 Å². The minimum Gasteiger partial charge on any atom is -0.399 e. The zero-order valence-electron chi connectivity index (χ0n) is 16.7. The zero-order chi connectivity index (χ0) is 20.4. The Morgan fingerprint density at radius 2 is 1.68 bits per heavy atom. The highest BCUT2D eigenvalue weighted by molar-refractivity contribution is 5.95. The van der Waals surface area contributed by atoms with E-state index in [0.717, 1.165) is 25.2 Å². The van der Waals surface area contributed by atoms with Crippen LogP contribution in [0.1, 0.15) is 36.2 Å². The fourth-order valence-corrected chi connectivity index (χ4v) is 2.91. The van der Waals surface area contributed by atoms with Gasteiger partial charge in [0.1, 0.15) is 0 Å². The summed E-state index contributed by atoms with van der Waals surface area (Å²) in [6.45, 7) is 7.59. The standard InChI is InChI=1S/C22H30N4O2/c1-3-26(4-2)16-15-24-22(28)18-9-12-19(13-10-18)25-21(27)14-11-17-7-5-6-8-20(17)23/h5-10,12-13H,3-4,11,14-16,23H2,1-2H3,(H,24,28)(H,25,27). The summed E-state index contributed by atoms with van der Waals surface area (Å²) >= 11 is 0. The number of nitrogens with zero attached hydrogens (tertiary/aromatic N) is 1.